The summed E-state index contributed by atoms with van der Waals surface area (Å²) < 4.78 is 27.2. The van der Waals surface area contributed by atoms with E-state index in [-0.39, 0.29) is 10.8 Å². The van der Waals surface area contributed by atoms with Crippen LogP contribution in [0.1, 0.15) is 6.92 Å². The van der Waals surface area contributed by atoms with Crippen LogP contribution in [0.5, 0.6) is 0 Å². The van der Waals surface area contributed by atoms with Crippen LogP contribution in [-0.4, -0.2) is 26.5 Å². The Bertz CT molecular complexity index is 665. The summed E-state index contributed by atoms with van der Waals surface area (Å²) in [5.41, 5.74) is 5.49. The standard InChI is InChI=1S/C13H17N3O2S/c1-10(7-14)8-16-19(17,18)13-4-2-3-11-9-15-6-5-12(11)13/h2-6,9-10,16H,7-8,14H2,1H3. The minimum atomic E-state index is -3.53. The number of pyridine rings is 1. The van der Waals surface area contributed by atoms with Crippen LogP contribution < -0.4 is 10.5 Å². The molecule has 3 N–H and O–H groups in total. The van der Waals surface area contributed by atoms with Crippen molar-refractivity contribution in [3.63, 3.8) is 0 Å². The Morgan fingerprint density at radius 2 is 2.16 bits per heavy atom. The second-order valence-corrected chi connectivity index (χ2v) is 6.28. The van der Waals surface area contributed by atoms with Gasteiger partial charge in [0.05, 0.1) is 4.90 Å². The molecule has 0 saturated carbocycles. The molecule has 1 aromatic carbocycles. The summed E-state index contributed by atoms with van der Waals surface area (Å²) in [5.74, 6) is 0.103. The fourth-order valence-corrected chi connectivity index (χ4v) is 3.13. The smallest absolute Gasteiger partial charge is 0.241 e. The Labute approximate surface area is 112 Å². The highest BCUT2D eigenvalue weighted by atomic mass is 32.2. The number of nitrogens with zero attached hydrogens (tertiary/aromatic N) is 1. The highest BCUT2D eigenvalue weighted by Gasteiger charge is 2.17. The molecule has 102 valence electrons. The van der Waals surface area contributed by atoms with E-state index in [1.54, 1.807) is 30.6 Å². The lowest BCUT2D eigenvalue weighted by molar-refractivity contribution is 0.545. The third-order valence-corrected chi connectivity index (χ3v) is 4.44. The van der Waals surface area contributed by atoms with Gasteiger partial charge in [-0.15, -0.1) is 0 Å². The second-order valence-electron chi connectivity index (χ2n) is 4.55. The Morgan fingerprint density at radius 1 is 1.37 bits per heavy atom. The zero-order chi connectivity index (χ0) is 13.9. The third kappa shape index (κ3) is 3.09. The van der Waals surface area contributed by atoms with Gasteiger partial charge in [0.15, 0.2) is 0 Å². The molecule has 19 heavy (non-hydrogen) atoms. The predicted octanol–water partition coefficient (Wildman–Crippen LogP) is 1.11. The molecule has 1 aromatic heterocycles. The minimum Gasteiger partial charge on any atom is -0.330 e. The number of sulfonamides is 1. The number of aromatic nitrogens is 1. The number of rotatable bonds is 5. The number of hydrogen-bond donors (Lipinski definition) is 2. The Kier molecular flexibility index (Phi) is 4.14. The van der Waals surface area contributed by atoms with Gasteiger partial charge in [0, 0.05) is 29.7 Å². The van der Waals surface area contributed by atoms with Crippen LogP contribution in [-0.2, 0) is 10.0 Å². The average molecular weight is 279 g/mol. The second kappa shape index (κ2) is 5.64. The van der Waals surface area contributed by atoms with Crippen LogP contribution >= 0.6 is 0 Å². The van der Waals surface area contributed by atoms with Crippen molar-refractivity contribution >= 4 is 20.8 Å². The molecule has 0 saturated heterocycles. The van der Waals surface area contributed by atoms with Crippen molar-refractivity contribution in [2.24, 2.45) is 11.7 Å². The maximum absolute atomic E-state index is 12.3. The zero-order valence-corrected chi connectivity index (χ0v) is 11.5. The lowest BCUT2D eigenvalue weighted by Crippen LogP contribution is -2.31. The number of nitrogens with two attached hydrogens (primary N) is 1. The van der Waals surface area contributed by atoms with Gasteiger partial charge in [-0.05, 0) is 24.6 Å². The van der Waals surface area contributed by atoms with Gasteiger partial charge >= 0.3 is 0 Å². The van der Waals surface area contributed by atoms with Gasteiger partial charge in [0.1, 0.15) is 0 Å². The SMILES string of the molecule is CC(CN)CNS(=O)(=O)c1cccc2cnccc12. The summed E-state index contributed by atoms with van der Waals surface area (Å²) in [6.07, 6.45) is 3.24. The third-order valence-electron chi connectivity index (χ3n) is 2.95. The van der Waals surface area contributed by atoms with Crippen LogP contribution in [0, 0.1) is 5.92 Å². The predicted molar refractivity (Wildman–Crippen MR) is 75.1 cm³/mol. The molecule has 2 aromatic rings. The zero-order valence-electron chi connectivity index (χ0n) is 10.7. The molecule has 0 radical (unpaired) electrons. The topological polar surface area (TPSA) is 85.1 Å². The van der Waals surface area contributed by atoms with Gasteiger partial charge in [-0.1, -0.05) is 19.1 Å². The van der Waals surface area contributed by atoms with E-state index in [1.165, 1.54) is 0 Å². The Morgan fingerprint density at radius 3 is 2.89 bits per heavy atom. The fraction of sp³-hybridized carbons (Fsp3) is 0.308. The van der Waals surface area contributed by atoms with Gasteiger partial charge in [0.2, 0.25) is 10.0 Å². The highest BCUT2D eigenvalue weighted by Crippen LogP contribution is 2.21. The van der Waals surface area contributed by atoms with Crippen molar-refractivity contribution in [2.75, 3.05) is 13.1 Å². The molecular weight excluding hydrogens is 262 g/mol. The molecule has 2 rings (SSSR count). The van der Waals surface area contributed by atoms with Gasteiger partial charge in [-0.2, -0.15) is 0 Å². The molecule has 0 fully saturated rings. The van der Waals surface area contributed by atoms with Crippen molar-refractivity contribution in [1.29, 1.82) is 0 Å². The summed E-state index contributed by atoms with van der Waals surface area (Å²) in [5, 5.41) is 1.47. The van der Waals surface area contributed by atoms with E-state index in [4.69, 9.17) is 5.73 Å². The van der Waals surface area contributed by atoms with E-state index in [1.807, 2.05) is 13.0 Å². The summed E-state index contributed by atoms with van der Waals surface area (Å²) in [6.45, 7) is 2.68. The quantitative estimate of drug-likeness (QED) is 0.858. The number of hydrogen-bond acceptors (Lipinski definition) is 4. The van der Waals surface area contributed by atoms with E-state index < -0.39 is 10.0 Å². The summed E-state index contributed by atoms with van der Waals surface area (Å²) in [7, 11) is -3.53. The van der Waals surface area contributed by atoms with Gasteiger partial charge in [-0.3, -0.25) is 4.98 Å². The molecule has 0 aliphatic rings. The van der Waals surface area contributed by atoms with Crippen molar-refractivity contribution in [3.05, 3.63) is 36.7 Å². The molecule has 0 aliphatic carbocycles. The van der Waals surface area contributed by atoms with Crippen LogP contribution in [0.15, 0.2) is 41.6 Å². The number of benzene rings is 1. The molecule has 5 nitrogen and oxygen atoms in total. The summed E-state index contributed by atoms with van der Waals surface area (Å²) >= 11 is 0. The van der Waals surface area contributed by atoms with Crippen molar-refractivity contribution in [2.45, 2.75) is 11.8 Å². The van der Waals surface area contributed by atoms with Crippen molar-refractivity contribution < 1.29 is 8.42 Å². The number of fused-ring (bicyclic) bond motifs is 1. The first kappa shape index (κ1) is 13.9. The van der Waals surface area contributed by atoms with Crippen LogP contribution in [0.3, 0.4) is 0 Å². The van der Waals surface area contributed by atoms with E-state index in [9.17, 15) is 8.42 Å². The molecule has 0 spiro atoms. The monoisotopic (exact) mass is 279 g/mol. The molecule has 1 heterocycles. The maximum atomic E-state index is 12.3. The van der Waals surface area contributed by atoms with E-state index in [0.717, 1.165) is 5.39 Å². The van der Waals surface area contributed by atoms with E-state index >= 15 is 0 Å². The fourth-order valence-electron chi connectivity index (χ4n) is 1.74. The first-order valence-corrected chi connectivity index (χ1v) is 7.55. The van der Waals surface area contributed by atoms with Crippen molar-refractivity contribution in [3.8, 4) is 0 Å². The molecule has 0 aliphatic heterocycles. The molecule has 0 bridgehead atoms. The van der Waals surface area contributed by atoms with Crippen LogP contribution in [0.25, 0.3) is 10.8 Å². The van der Waals surface area contributed by atoms with E-state index in [2.05, 4.69) is 9.71 Å². The first-order chi connectivity index (χ1) is 9.04. The van der Waals surface area contributed by atoms with Crippen molar-refractivity contribution in [1.82, 2.24) is 9.71 Å². The lowest BCUT2D eigenvalue weighted by Gasteiger charge is -2.12. The molecule has 1 atom stereocenters. The molecule has 1 unspecified atom stereocenters. The van der Waals surface area contributed by atoms with Gasteiger partial charge in [0.25, 0.3) is 0 Å². The molecule has 0 amide bonds. The minimum absolute atomic E-state index is 0.103. The van der Waals surface area contributed by atoms with Gasteiger partial charge in [-0.25, -0.2) is 13.1 Å². The highest BCUT2D eigenvalue weighted by molar-refractivity contribution is 7.89. The maximum Gasteiger partial charge on any atom is 0.241 e. The molecule has 6 heteroatoms. The van der Waals surface area contributed by atoms with Crippen LogP contribution in [0.2, 0.25) is 0 Å². The van der Waals surface area contributed by atoms with Gasteiger partial charge < -0.3 is 5.73 Å². The Hall–Kier alpha value is -1.50. The Balaban J connectivity index is 2.38. The largest absolute Gasteiger partial charge is 0.330 e. The normalized spacial score (nSPS) is 13.6. The van der Waals surface area contributed by atoms with Crippen LogP contribution in [0.4, 0.5) is 0 Å². The number of nitrogens with one attached hydrogen (secondary N) is 1. The first-order valence-electron chi connectivity index (χ1n) is 6.07. The summed E-state index contributed by atoms with van der Waals surface area (Å²) in [4.78, 5) is 4.27. The van der Waals surface area contributed by atoms with E-state index in [0.29, 0.717) is 18.5 Å². The lowest BCUT2D eigenvalue weighted by atomic mass is 10.2. The average Bonchev–Trinajstić information content (AvgIpc) is 2.44. The summed E-state index contributed by atoms with van der Waals surface area (Å²) in [6, 6.07) is 6.85. The molecular formula is C13H17N3O2S.